The van der Waals surface area contributed by atoms with Crippen LogP contribution in [-0.2, 0) is 17.6 Å². The van der Waals surface area contributed by atoms with E-state index in [0.29, 0.717) is 37.2 Å². The average Bonchev–Trinajstić information content (AvgIpc) is 2.99. The van der Waals surface area contributed by atoms with E-state index in [9.17, 15) is 4.79 Å². The molecule has 1 aliphatic heterocycles. The van der Waals surface area contributed by atoms with Gasteiger partial charge in [0.2, 0.25) is 0 Å². The third kappa shape index (κ3) is 3.94. The molecule has 0 bridgehead atoms. The van der Waals surface area contributed by atoms with Crippen LogP contribution in [0.3, 0.4) is 0 Å². The van der Waals surface area contributed by atoms with E-state index in [2.05, 4.69) is 20.8 Å². The first-order chi connectivity index (χ1) is 12.5. The molecule has 1 aromatic heterocycles. The summed E-state index contributed by atoms with van der Waals surface area (Å²) in [6, 6.07) is 7.61. The van der Waals surface area contributed by atoms with E-state index in [0.717, 1.165) is 35.5 Å². The summed E-state index contributed by atoms with van der Waals surface area (Å²) < 4.78 is 7.28. The van der Waals surface area contributed by atoms with Crippen LogP contribution in [0.4, 0.5) is 0 Å². The molecule has 1 fully saturated rings. The lowest BCUT2D eigenvalue weighted by Gasteiger charge is -2.27. The Bertz CT molecular complexity index is 779. The lowest BCUT2D eigenvalue weighted by Crippen LogP contribution is -2.41. The molecule has 0 N–H and O–H groups in total. The highest BCUT2D eigenvalue weighted by Gasteiger charge is 2.28. The van der Waals surface area contributed by atoms with Gasteiger partial charge in [0.25, 0.3) is 5.91 Å². The predicted octanol–water partition coefficient (Wildman–Crippen LogP) is 3.76. The van der Waals surface area contributed by atoms with Crippen LogP contribution in [-0.4, -0.2) is 46.9 Å². The van der Waals surface area contributed by atoms with Gasteiger partial charge in [0.05, 0.1) is 35.9 Å². The Labute approximate surface area is 159 Å². The van der Waals surface area contributed by atoms with Crippen LogP contribution in [0.25, 0.3) is 5.69 Å². The highest BCUT2D eigenvalue weighted by molar-refractivity contribution is 6.30. The van der Waals surface area contributed by atoms with E-state index in [-0.39, 0.29) is 5.91 Å². The zero-order valence-electron chi connectivity index (χ0n) is 15.7. The summed E-state index contributed by atoms with van der Waals surface area (Å²) in [4.78, 5) is 15.2. The summed E-state index contributed by atoms with van der Waals surface area (Å²) in [5.41, 5.74) is 3.45. The molecular formula is C20H26ClN3O2. The number of halogens is 1. The van der Waals surface area contributed by atoms with Crippen LogP contribution in [0.2, 0.25) is 5.02 Å². The van der Waals surface area contributed by atoms with Crippen molar-refractivity contribution in [3.8, 4) is 5.69 Å². The molecule has 1 amide bonds. The quantitative estimate of drug-likeness (QED) is 0.799. The van der Waals surface area contributed by atoms with Crippen molar-refractivity contribution >= 4 is 17.5 Å². The number of carbonyl (C=O) groups excluding carboxylic acids is 1. The van der Waals surface area contributed by atoms with Gasteiger partial charge in [-0.05, 0) is 37.0 Å². The summed E-state index contributed by atoms with van der Waals surface area (Å²) in [6.45, 7) is 8.80. The first-order valence-electron chi connectivity index (χ1n) is 9.25. The number of aromatic nitrogens is 2. The maximum Gasteiger partial charge on any atom is 0.257 e. The summed E-state index contributed by atoms with van der Waals surface area (Å²) in [7, 11) is 0. The fourth-order valence-electron chi connectivity index (χ4n) is 3.35. The molecule has 6 heteroatoms. The second-order valence-electron chi connectivity index (χ2n) is 7.02. The lowest BCUT2D eigenvalue weighted by molar-refractivity contribution is 0.0301. The highest BCUT2D eigenvalue weighted by atomic mass is 35.5. The minimum Gasteiger partial charge on any atom is -0.378 e. The Kier molecular flexibility index (Phi) is 5.99. The molecule has 1 aromatic carbocycles. The Morgan fingerprint density at radius 3 is 2.65 bits per heavy atom. The Hall–Kier alpha value is -1.85. The molecule has 140 valence electrons. The molecule has 0 atom stereocenters. The largest absolute Gasteiger partial charge is 0.378 e. The summed E-state index contributed by atoms with van der Waals surface area (Å²) in [6.07, 6.45) is 1.50. The van der Waals surface area contributed by atoms with Gasteiger partial charge in [0.1, 0.15) is 0 Å². The van der Waals surface area contributed by atoms with Gasteiger partial charge in [-0.2, -0.15) is 5.10 Å². The van der Waals surface area contributed by atoms with Crippen LogP contribution in [0, 0.1) is 5.92 Å². The van der Waals surface area contributed by atoms with Crippen molar-refractivity contribution in [2.24, 2.45) is 5.92 Å². The zero-order chi connectivity index (χ0) is 18.7. The Morgan fingerprint density at radius 1 is 1.31 bits per heavy atom. The van der Waals surface area contributed by atoms with Crippen molar-refractivity contribution < 1.29 is 9.53 Å². The molecule has 5 nitrogen and oxygen atoms in total. The van der Waals surface area contributed by atoms with E-state index >= 15 is 0 Å². The number of rotatable bonds is 5. The van der Waals surface area contributed by atoms with Crippen molar-refractivity contribution in [1.29, 1.82) is 0 Å². The Morgan fingerprint density at radius 2 is 2.04 bits per heavy atom. The normalized spacial score (nSPS) is 14.9. The number of ether oxygens (including phenoxy) is 1. The number of carbonyl (C=O) groups is 1. The van der Waals surface area contributed by atoms with E-state index < -0.39 is 0 Å². The molecule has 0 radical (unpaired) electrons. The minimum absolute atomic E-state index is 0.0640. The standard InChI is InChI=1S/C20H26ClN3O2/c1-4-18-19(20(25)23-8-10-26-11-9-23)17(12-14(2)3)22-24(18)16-7-5-6-15(21)13-16/h5-7,13-14H,4,8-12H2,1-3H3. The van der Waals surface area contributed by atoms with E-state index in [1.54, 1.807) is 0 Å². The Balaban J connectivity index is 2.09. The molecule has 0 unspecified atom stereocenters. The van der Waals surface area contributed by atoms with Gasteiger partial charge in [0.15, 0.2) is 0 Å². The number of morpholine rings is 1. The first kappa shape index (κ1) is 18.9. The topological polar surface area (TPSA) is 47.4 Å². The zero-order valence-corrected chi connectivity index (χ0v) is 16.4. The van der Waals surface area contributed by atoms with Crippen molar-refractivity contribution in [2.75, 3.05) is 26.3 Å². The molecule has 0 saturated carbocycles. The fraction of sp³-hybridized carbons (Fsp3) is 0.500. The first-order valence-corrected chi connectivity index (χ1v) is 9.62. The van der Waals surface area contributed by atoms with E-state index in [4.69, 9.17) is 21.4 Å². The van der Waals surface area contributed by atoms with Crippen LogP contribution >= 0.6 is 11.6 Å². The van der Waals surface area contributed by atoms with Crippen molar-refractivity contribution in [2.45, 2.75) is 33.6 Å². The highest BCUT2D eigenvalue weighted by Crippen LogP contribution is 2.25. The average molecular weight is 376 g/mol. The van der Waals surface area contributed by atoms with Gasteiger partial charge in [-0.1, -0.05) is 38.4 Å². The molecular weight excluding hydrogens is 350 g/mol. The van der Waals surface area contributed by atoms with Crippen molar-refractivity contribution in [1.82, 2.24) is 14.7 Å². The third-order valence-corrected chi connectivity index (χ3v) is 4.79. The second-order valence-corrected chi connectivity index (χ2v) is 7.45. The summed E-state index contributed by atoms with van der Waals surface area (Å²) in [5.74, 6) is 0.479. The summed E-state index contributed by atoms with van der Waals surface area (Å²) >= 11 is 6.18. The molecule has 2 aromatic rings. The van der Waals surface area contributed by atoms with Gasteiger partial charge in [-0.3, -0.25) is 4.79 Å². The molecule has 1 saturated heterocycles. The van der Waals surface area contributed by atoms with Gasteiger partial charge in [-0.25, -0.2) is 4.68 Å². The maximum absolute atomic E-state index is 13.3. The number of amides is 1. The van der Waals surface area contributed by atoms with Gasteiger partial charge < -0.3 is 9.64 Å². The van der Waals surface area contributed by atoms with Crippen LogP contribution in [0.1, 0.15) is 42.5 Å². The monoisotopic (exact) mass is 375 g/mol. The van der Waals surface area contributed by atoms with Crippen LogP contribution < -0.4 is 0 Å². The number of nitrogens with zero attached hydrogens (tertiary/aromatic N) is 3. The molecule has 0 spiro atoms. The number of hydrogen-bond acceptors (Lipinski definition) is 3. The van der Waals surface area contributed by atoms with E-state index in [1.165, 1.54) is 0 Å². The van der Waals surface area contributed by atoms with Crippen molar-refractivity contribution in [3.63, 3.8) is 0 Å². The molecule has 1 aliphatic rings. The lowest BCUT2D eigenvalue weighted by atomic mass is 10.0. The number of hydrogen-bond donors (Lipinski definition) is 0. The van der Waals surface area contributed by atoms with Crippen molar-refractivity contribution in [3.05, 3.63) is 46.2 Å². The smallest absolute Gasteiger partial charge is 0.257 e. The van der Waals surface area contributed by atoms with Crippen LogP contribution in [0.15, 0.2) is 24.3 Å². The maximum atomic E-state index is 13.3. The molecule has 26 heavy (non-hydrogen) atoms. The number of benzene rings is 1. The fourth-order valence-corrected chi connectivity index (χ4v) is 3.54. The SMILES string of the molecule is CCc1c(C(=O)N2CCOCC2)c(CC(C)C)nn1-c1cccc(Cl)c1. The third-order valence-electron chi connectivity index (χ3n) is 4.55. The van der Waals surface area contributed by atoms with Crippen LogP contribution in [0.5, 0.6) is 0 Å². The predicted molar refractivity (Wildman–Crippen MR) is 103 cm³/mol. The molecule has 3 rings (SSSR count). The van der Waals surface area contributed by atoms with E-state index in [1.807, 2.05) is 33.8 Å². The van der Waals surface area contributed by atoms with Gasteiger partial charge >= 0.3 is 0 Å². The van der Waals surface area contributed by atoms with Gasteiger partial charge in [0, 0.05) is 18.1 Å². The minimum atomic E-state index is 0.0640. The molecule has 2 heterocycles. The second kappa shape index (κ2) is 8.23. The summed E-state index contributed by atoms with van der Waals surface area (Å²) in [5, 5.41) is 5.49. The van der Waals surface area contributed by atoms with Gasteiger partial charge in [-0.15, -0.1) is 0 Å². The molecule has 0 aliphatic carbocycles.